The molecule has 1 saturated heterocycles. The van der Waals surface area contributed by atoms with Crippen molar-refractivity contribution in [1.82, 2.24) is 4.90 Å². The molecule has 3 rings (SSSR count). The summed E-state index contributed by atoms with van der Waals surface area (Å²) < 4.78 is 5.50. The third kappa shape index (κ3) is 2.91. The molecule has 1 aromatic rings. The lowest BCUT2D eigenvalue weighted by atomic mass is 9.93. The Morgan fingerprint density at radius 1 is 1.43 bits per heavy atom. The van der Waals surface area contributed by atoms with Gasteiger partial charge in [0.05, 0.1) is 6.10 Å². The van der Waals surface area contributed by atoms with E-state index in [4.69, 9.17) is 4.74 Å². The molecule has 1 fully saturated rings. The number of anilines is 1. The van der Waals surface area contributed by atoms with Gasteiger partial charge in [0, 0.05) is 44.8 Å². The number of hydrogen-bond acceptors (Lipinski definition) is 3. The second-order valence-corrected chi connectivity index (χ2v) is 6.25. The predicted molar refractivity (Wildman–Crippen MR) is 83.4 cm³/mol. The Balaban J connectivity index is 1.62. The third-order valence-electron chi connectivity index (χ3n) is 4.91. The van der Waals surface area contributed by atoms with E-state index in [9.17, 15) is 4.79 Å². The molecule has 3 atom stereocenters. The molecule has 1 aromatic carbocycles. The van der Waals surface area contributed by atoms with Crippen LogP contribution in [0.1, 0.15) is 31.2 Å². The Morgan fingerprint density at radius 2 is 2.24 bits per heavy atom. The summed E-state index contributed by atoms with van der Waals surface area (Å²) in [4.78, 5) is 14.6. The number of rotatable bonds is 3. The smallest absolute Gasteiger partial charge is 0.223 e. The minimum atomic E-state index is 0.177. The van der Waals surface area contributed by atoms with E-state index in [0.29, 0.717) is 18.3 Å². The monoisotopic (exact) mass is 288 g/mol. The molecular weight excluding hydrogens is 264 g/mol. The van der Waals surface area contributed by atoms with Crippen LogP contribution in [0, 0.1) is 5.92 Å². The fraction of sp³-hybridized carbons (Fsp3) is 0.588. The largest absolute Gasteiger partial charge is 0.384 e. The van der Waals surface area contributed by atoms with E-state index in [1.165, 1.54) is 11.3 Å². The molecule has 4 nitrogen and oxygen atoms in total. The summed E-state index contributed by atoms with van der Waals surface area (Å²) in [6.45, 7) is 4.66. The summed E-state index contributed by atoms with van der Waals surface area (Å²) in [6, 6.07) is 8.30. The number of likely N-dealkylation sites (tertiary alicyclic amines) is 1. The van der Waals surface area contributed by atoms with Gasteiger partial charge in [0.25, 0.3) is 0 Å². The van der Waals surface area contributed by atoms with Crippen molar-refractivity contribution in [2.24, 2.45) is 5.92 Å². The third-order valence-corrected chi connectivity index (χ3v) is 4.91. The van der Waals surface area contributed by atoms with E-state index in [1.807, 2.05) is 17.0 Å². The van der Waals surface area contributed by atoms with Crippen molar-refractivity contribution in [3.8, 4) is 0 Å². The van der Waals surface area contributed by atoms with E-state index in [0.717, 1.165) is 26.1 Å². The molecule has 0 saturated carbocycles. The number of methoxy groups -OCH3 is 1. The Hall–Kier alpha value is -1.55. The number of piperidine rings is 1. The number of amides is 1. The van der Waals surface area contributed by atoms with Gasteiger partial charge in [0.1, 0.15) is 0 Å². The van der Waals surface area contributed by atoms with E-state index in [2.05, 4.69) is 24.4 Å². The van der Waals surface area contributed by atoms with Crippen molar-refractivity contribution in [3.05, 3.63) is 29.8 Å². The van der Waals surface area contributed by atoms with Gasteiger partial charge >= 0.3 is 0 Å². The van der Waals surface area contributed by atoms with Crippen LogP contribution in [0.2, 0.25) is 0 Å². The SMILES string of the molecule is COC1CN(C(=O)CC2CNc3ccccc32)CCC1C. The first-order valence-corrected chi connectivity index (χ1v) is 7.82. The average molecular weight is 288 g/mol. The highest BCUT2D eigenvalue weighted by Gasteiger charge is 2.31. The molecule has 3 unspecified atom stereocenters. The molecule has 21 heavy (non-hydrogen) atoms. The molecule has 1 amide bonds. The summed E-state index contributed by atoms with van der Waals surface area (Å²) >= 11 is 0. The first kappa shape index (κ1) is 14.4. The Morgan fingerprint density at radius 3 is 3.05 bits per heavy atom. The molecule has 2 aliphatic heterocycles. The van der Waals surface area contributed by atoms with Crippen molar-refractivity contribution in [2.75, 3.05) is 32.1 Å². The van der Waals surface area contributed by atoms with Crippen LogP contribution in [-0.2, 0) is 9.53 Å². The van der Waals surface area contributed by atoms with Crippen LogP contribution in [0.15, 0.2) is 24.3 Å². The minimum Gasteiger partial charge on any atom is -0.384 e. The van der Waals surface area contributed by atoms with Crippen molar-refractivity contribution in [2.45, 2.75) is 31.8 Å². The van der Waals surface area contributed by atoms with Gasteiger partial charge < -0.3 is 15.0 Å². The van der Waals surface area contributed by atoms with Gasteiger partial charge in [-0.15, -0.1) is 0 Å². The maximum Gasteiger partial charge on any atom is 0.223 e. The van der Waals surface area contributed by atoms with Crippen LogP contribution < -0.4 is 5.32 Å². The van der Waals surface area contributed by atoms with Gasteiger partial charge in [-0.05, 0) is 24.0 Å². The van der Waals surface area contributed by atoms with Gasteiger partial charge in [-0.25, -0.2) is 0 Å². The standard InChI is InChI=1S/C17H24N2O2/c1-12-7-8-19(11-16(12)21-2)17(20)9-13-10-18-15-6-4-3-5-14(13)15/h3-6,12-13,16,18H,7-11H2,1-2H3. The van der Waals surface area contributed by atoms with E-state index in [-0.39, 0.29) is 12.0 Å². The molecule has 1 N–H and O–H groups in total. The Labute approximate surface area is 126 Å². The zero-order valence-corrected chi connectivity index (χ0v) is 12.8. The summed E-state index contributed by atoms with van der Waals surface area (Å²) in [5.74, 6) is 1.09. The summed E-state index contributed by atoms with van der Waals surface area (Å²) in [5.41, 5.74) is 2.46. The first-order valence-electron chi connectivity index (χ1n) is 7.82. The van der Waals surface area contributed by atoms with Crippen LogP contribution >= 0.6 is 0 Å². The fourth-order valence-corrected chi connectivity index (χ4v) is 3.45. The Bertz CT molecular complexity index is 517. The molecule has 2 aliphatic rings. The molecule has 0 aromatic heterocycles. The van der Waals surface area contributed by atoms with Crippen molar-refractivity contribution >= 4 is 11.6 Å². The van der Waals surface area contributed by atoms with Crippen LogP contribution in [0.25, 0.3) is 0 Å². The number of carbonyl (C=O) groups is 1. The number of ether oxygens (including phenoxy) is 1. The van der Waals surface area contributed by atoms with Gasteiger partial charge in [-0.1, -0.05) is 25.1 Å². The van der Waals surface area contributed by atoms with Crippen LogP contribution in [0.5, 0.6) is 0 Å². The summed E-state index contributed by atoms with van der Waals surface area (Å²) in [6.07, 6.45) is 1.80. The number of hydrogen-bond donors (Lipinski definition) is 1. The number of para-hydroxylation sites is 1. The lowest BCUT2D eigenvalue weighted by Crippen LogP contribution is -2.46. The lowest BCUT2D eigenvalue weighted by Gasteiger charge is -2.36. The molecular formula is C17H24N2O2. The van der Waals surface area contributed by atoms with Crippen molar-refractivity contribution in [1.29, 1.82) is 0 Å². The van der Waals surface area contributed by atoms with E-state index >= 15 is 0 Å². The molecule has 0 spiro atoms. The highest BCUT2D eigenvalue weighted by Crippen LogP contribution is 2.34. The molecule has 0 radical (unpaired) electrons. The highest BCUT2D eigenvalue weighted by atomic mass is 16.5. The zero-order chi connectivity index (χ0) is 14.8. The lowest BCUT2D eigenvalue weighted by molar-refractivity contribution is -0.136. The number of nitrogens with zero attached hydrogens (tertiary/aromatic N) is 1. The maximum atomic E-state index is 12.6. The van der Waals surface area contributed by atoms with Crippen LogP contribution in [0.4, 0.5) is 5.69 Å². The second kappa shape index (κ2) is 6.06. The number of fused-ring (bicyclic) bond motifs is 1. The van der Waals surface area contributed by atoms with Gasteiger partial charge in [0.2, 0.25) is 5.91 Å². The number of nitrogens with one attached hydrogen (secondary N) is 1. The second-order valence-electron chi connectivity index (χ2n) is 6.25. The molecule has 4 heteroatoms. The molecule has 0 bridgehead atoms. The fourth-order valence-electron chi connectivity index (χ4n) is 3.45. The van der Waals surface area contributed by atoms with Gasteiger partial charge in [-0.2, -0.15) is 0 Å². The number of benzene rings is 1. The summed E-state index contributed by atoms with van der Waals surface area (Å²) in [5, 5.41) is 3.39. The van der Waals surface area contributed by atoms with Gasteiger partial charge in [0.15, 0.2) is 0 Å². The maximum absolute atomic E-state index is 12.6. The normalized spacial score (nSPS) is 28.1. The highest BCUT2D eigenvalue weighted by molar-refractivity contribution is 5.78. The first-order chi connectivity index (χ1) is 10.2. The van der Waals surface area contributed by atoms with E-state index < -0.39 is 0 Å². The molecule has 0 aliphatic carbocycles. The quantitative estimate of drug-likeness (QED) is 0.929. The molecule has 114 valence electrons. The number of carbonyl (C=O) groups excluding carboxylic acids is 1. The van der Waals surface area contributed by atoms with Crippen molar-refractivity contribution < 1.29 is 9.53 Å². The van der Waals surface area contributed by atoms with E-state index in [1.54, 1.807) is 7.11 Å². The topological polar surface area (TPSA) is 41.6 Å². The van der Waals surface area contributed by atoms with Crippen molar-refractivity contribution in [3.63, 3.8) is 0 Å². The molecule has 2 heterocycles. The zero-order valence-electron chi connectivity index (χ0n) is 12.8. The summed E-state index contributed by atoms with van der Waals surface area (Å²) in [7, 11) is 1.74. The van der Waals surface area contributed by atoms with Crippen LogP contribution in [0.3, 0.4) is 0 Å². The average Bonchev–Trinajstić information content (AvgIpc) is 2.91. The minimum absolute atomic E-state index is 0.177. The van der Waals surface area contributed by atoms with Crippen LogP contribution in [-0.4, -0.2) is 43.7 Å². The van der Waals surface area contributed by atoms with Gasteiger partial charge in [-0.3, -0.25) is 4.79 Å². The Kier molecular flexibility index (Phi) is 4.15. The predicted octanol–water partition coefficient (Wildman–Crippen LogP) is 2.47.